The molecule has 5 rings (SSSR count). The predicted molar refractivity (Wildman–Crippen MR) is 119 cm³/mol. The lowest BCUT2D eigenvalue weighted by molar-refractivity contribution is 0.700. The molecule has 0 fully saturated rings. The van der Waals surface area contributed by atoms with Crippen LogP contribution < -0.4 is 15.9 Å². The maximum absolute atomic E-state index is 12.7. The fourth-order valence-corrected chi connectivity index (χ4v) is 3.89. The van der Waals surface area contributed by atoms with Gasteiger partial charge in [0, 0.05) is 12.7 Å². The van der Waals surface area contributed by atoms with E-state index in [1.807, 2.05) is 72.9 Å². The summed E-state index contributed by atoms with van der Waals surface area (Å²) >= 11 is 0. The van der Waals surface area contributed by atoms with Crippen LogP contribution in [-0.2, 0) is 13.1 Å². The minimum atomic E-state index is -0.251. The van der Waals surface area contributed by atoms with Crippen LogP contribution in [0.15, 0.2) is 102 Å². The van der Waals surface area contributed by atoms with E-state index in [9.17, 15) is 4.79 Å². The molecule has 1 aliphatic heterocycles. The second kappa shape index (κ2) is 7.87. The molecular weight excluding hydrogens is 372 g/mol. The lowest BCUT2D eigenvalue weighted by atomic mass is 10.1. The van der Waals surface area contributed by atoms with E-state index in [0.29, 0.717) is 18.9 Å². The Hall–Kier alpha value is -3.86. The highest BCUT2D eigenvalue weighted by Gasteiger charge is 2.32. The van der Waals surface area contributed by atoms with Gasteiger partial charge in [0.15, 0.2) is 5.82 Å². The molecule has 1 unspecified atom stereocenters. The van der Waals surface area contributed by atoms with E-state index in [1.165, 1.54) is 5.56 Å². The van der Waals surface area contributed by atoms with Crippen molar-refractivity contribution in [2.24, 2.45) is 0 Å². The fraction of sp³-hybridized carbons (Fsp3) is 0.120. The molecule has 5 nitrogen and oxygen atoms in total. The van der Waals surface area contributed by atoms with Crippen LogP contribution in [0, 0.1) is 0 Å². The monoisotopic (exact) mass is 394 g/mol. The van der Waals surface area contributed by atoms with Gasteiger partial charge in [0.1, 0.15) is 6.17 Å². The Bertz CT molecular complexity index is 1190. The largest absolute Gasteiger partial charge is 0.349 e. The Morgan fingerprint density at radius 2 is 1.33 bits per heavy atom. The maximum Gasteiger partial charge on any atom is 0.349 e. The Labute approximate surface area is 175 Å². The molecule has 1 aliphatic rings. The molecule has 0 aliphatic carbocycles. The summed E-state index contributed by atoms with van der Waals surface area (Å²) in [6.45, 7) is 1.21. The van der Waals surface area contributed by atoms with Crippen molar-refractivity contribution >= 4 is 11.5 Å². The molecule has 1 aromatic heterocycles. The van der Waals surface area contributed by atoms with Gasteiger partial charge in [0.2, 0.25) is 0 Å². The molecule has 148 valence electrons. The highest BCUT2D eigenvalue weighted by molar-refractivity contribution is 5.72. The Kier molecular flexibility index (Phi) is 4.77. The number of aromatic nitrogens is 2. The standard InChI is InChI=1S/C25H22N4O/c30-25-27-23-22(18-28(25)16-19-10-4-1-5-11-19)29(17-20-12-6-2-7-13-20)24(26-23)21-14-8-3-9-15-21/h1-15,18,24H,16-17H2,(H,26,27,30). The number of rotatable bonds is 5. The van der Waals surface area contributed by atoms with E-state index >= 15 is 0 Å². The zero-order chi connectivity index (χ0) is 20.3. The summed E-state index contributed by atoms with van der Waals surface area (Å²) in [7, 11) is 0. The second-order valence-corrected chi connectivity index (χ2v) is 7.44. The molecule has 30 heavy (non-hydrogen) atoms. The van der Waals surface area contributed by atoms with Gasteiger partial charge in [-0.05, 0) is 16.7 Å². The average molecular weight is 394 g/mol. The number of fused-ring (bicyclic) bond motifs is 1. The van der Waals surface area contributed by atoms with Gasteiger partial charge in [0.25, 0.3) is 0 Å². The van der Waals surface area contributed by atoms with Crippen LogP contribution in [0.1, 0.15) is 22.9 Å². The van der Waals surface area contributed by atoms with Gasteiger partial charge in [-0.15, -0.1) is 0 Å². The number of hydrogen-bond acceptors (Lipinski definition) is 4. The minimum absolute atomic E-state index is 0.0825. The normalized spacial score (nSPS) is 14.9. The first-order valence-corrected chi connectivity index (χ1v) is 10.1. The summed E-state index contributed by atoms with van der Waals surface area (Å²) in [4.78, 5) is 19.3. The summed E-state index contributed by atoms with van der Waals surface area (Å²) in [5, 5.41) is 3.45. The van der Waals surface area contributed by atoms with Crippen LogP contribution in [0.5, 0.6) is 0 Å². The highest BCUT2D eigenvalue weighted by atomic mass is 16.1. The van der Waals surface area contributed by atoms with E-state index in [2.05, 4.69) is 39.5 Å². The van der Waals surface area contributed by atoms with Crippen LogP contribution in [0.4, 0.5) is 11.5 Å². The van der Waals surface area contributed by atoms with Crippen molar-refractivity contribution in [2.45, 2.75) is 19.3 Å². The van der Waals surface area contributed by atoms with Crippen molar-refractivity contribution in [3.63, 3.8) is 0 Å². The molecule has 4 aromatic rings. The molecule has 0 amide bonds. The molecule has 3 aromatic carbocycles. The topological polar surface area (TPSA) is 50.2 Å². The number of anilines is 2. The van der Waals surface area contributed by atoms with Gasteiger partial charge in [-0.3, -0.25) is 4.57 Å². The molecule has 0 saturated carbocycles. The molecule has 1 atom stereocenters. The Morgan fingerprint density at radius 1 is 0.767 bits per heavy atom. The van der Waals surface area contributed by atoms with Crippen LogP contribution in [-0.4, -0.2) is 9.55 Å². The van der Waals surface area contributed by atoms with Crippen molar-refractivity contribution in [2.75, 3.05) is 10.2 Å². The first-order valence-electron chi connectivity index (χ1n) is 10.1. The molecule has 0 spiro atoms. The van der Waals surface area contributed by atoms with Crippen molar-refractivity contribution in [1.29, 1.82) is 0 Å². The Morgan fingerprint density at radius 3 is 1.97 bits per heavy atom. The third-order valence-electron chi connectivity index (χ3n) is 5.38. The van der Waals surface area contributed by atoms with E-state index in [-0.39, 0.29) is 11.9 Å². The van der Waals surface area contributed by atoms with Crippen molar-refractivity contribution < 1.29 is 0 Å². The van der Waals surface area contributed by atoms with E-state index < -0.39 is 0 Å². The molecule has 1 N–H and O–H groups in total. The van der Waals surface area contributed by atoms with Crippen molar-refractivity contribution in [3.8, 4) is 0 Å². The zero-order valence-electron chi connectivity index (χ0n) is 16.5. The summed E-state index contributed by atoms with van der Waals surface area (Å²) in [6, 6.07) is 30.6. The van der Waals surface area contributed by atoms with Crippen LogP contribution in [0.2, 0.25) is 0 Å². The summed E-state index contributed by atoms with van der Waals surface area (Å²) in [5.41, 5.74) is 4.09. The Balaban J connectivity index is 1.55. The van der Waals surface area contributed by atoms with Gasteiger partial charge in [-0.2, -0.15) is 4.98 Å². The third-order valence-corrected chi connectivity index (χ3v) is 5.38. The quantitative estimate of drug-likeness (QED) is 0.544. The van der Waals surface area contributed by atoms with Gasteiger partial charge in [0.05, 0.1) is 12.2 Å². The first kappa shape index (κ1) is 18.2. The van der Waals surface area contributed by atoms with Crippen LogP contribution in [0.3, 0.4) is 0 Å². The van der Waals surface area contributed by atoms with Gasteiger partial charge < -0.3 is 10.2 Å². The number of nitrogens with zero attached hydrogens (tertiary/aromatic N) is 3. The maximum atomic E-state index is 12.7. The summed E-state index contributed by atoms with van der Waals surface area (Å²) in [5.74, 6) is 0.633. The number of nitrogens with one attached hydrogen (secondary N) is 1. The number of benzene rings is 3. The lowest BCUT2D eigenvalue weighted by Gasteiger charge is -2.27. The average Bonchev–Trinajstić information content (AvgIpc) is 3.13. The highest BCUT2D eigenvalue weighted by Crippen LogP contribution is 2.40. The summed E-state index contributed by atoms with van der Waals surface area (Å²) in [6.07, 6.45) is 1.84. The number of hydrogen-bond donors (Lipinski definition) is 1. The van der Waals surface area contributed by atoms with Crippen molar-refractivity contribution in [1.82, 2.24) is 9.55 Å². The van der Waals surface area contributed by atoms with Crippen LogP contribution >= 0.6 is 0 Å². The molecule has 0 saturated heterocycles. The third kappa shape index (κ3) is 3.57. The fourth-order valence-electron chi connectivity index (χ4n) is 3.89. The predicted octanol–water partition coefficient (Wildman–Crippen LogP) is 4.42. The second-order valence-electron chi connectivity index (χ2n) is 7.44. The summed E-state index contributed by atoms with van der Waals surface area (Å²) < 4.78 is 1.68. The van der Waals surface area contributed by atoms with E-state index in [4.69, 9.17) is 0 Å². The zero-order valence-corrected chi connectivity index (χ0v) is 16.5. The SMILES string of the molecule is O=c1nc2c(cn1Cc1ccccc1)N(Cc1ccccc1)C(c1ccccc1)N2. The van der Waals surface area contributed by atoms with Gasteiger partial charge in [-0.25, -0.2) is 4.79 Å². The van der Waals surface area contributed by atoms with Gasteiger partial charge >= 0.3 is 5.69 Å². The molecule has 0 radical (unpaired) electrons. The smallest absolute Gasteiger partial charge is 0.344 e. The molecule has 2 heterocycles. The molecule has 5 heteroatoms. The molecular formula is C25H22N4O. The molecule has 0 bridgehead atoms. The van der Waals surface area contributed by atoms with Crippen LogP contribution in [0.25, 0.3) is 0 Å². The van der Waals surface area contributed by atoms with E-state index in [0.717, 1.165) is 16.8 Å². The lowest BCUT2D eigenvalue weighted by Crippen LogP contribution is -2.28. The van der Waals surface area contributed by atoms with E-state index in [1.54, 1.807) is 4.57 Å². The first-order chi connectivity index (χ1) is 14.8. The van der Waals surface area contributed by atoms with Gasteiger partial charge in [-0.1, -0.05) is 91.0 Å². The minimum Gasteiger partial charge on any atom is -0.344 e. The van der Waals surface area contributed by atoms with Crippen molar-refractivity contribution in [3.05, 3.63) is 124 Å².